The van der Waals surface area contributed by atoms with Crippen LogP contribution in [-0.2, 0) is 4.74 Å². The SMILES string of the molecule is C[C@@H]1CC[C@@H]2c3ccccc3[C@H]1N2C(=O)OC(C)(C)C. The summed E-state index contributed by atoms with van der Waals surface area (Å²) in [5.41, 5.74) is 2.18. The Hall–Kier alpha value is -1.51. The van der Waals surface area contributed by atoms with Crippen molar-refractivity contribution in [3.8, 4) is 0 Å². The van der Waals surface area contributed by atoms with Gasteiger partial charge in [-0.05, 0) is 50.7 Å². The van der Waals surface area contributed by atoms with Crippen molar-refractivity contribution in [2.75, 3.05) is 0 Å². The molecule has 1 amide bonds. The van der Waals surface area contributed by atoms with E-state index in [2.05, 4.69) is 31.2 Å². The van der Waals surface area contributed by atoms with E-state index in [-0.39, 0.29) is 18.2 Å². The third-order valence-electron chi connectivity index (χ3n) is 4.35. The van der Waals surface area contributed by atoms with Gasteiger partial charge in [-0.25, -0.2) is 4.79 Å². The zero-order valence-corrected chi connectivity index (χ0v) is 12.7. The molecule has 20 heavy (non-hydrogen) atoms. The van der Waals surface area contributed by atoms with E-state index in [0.29, 0.717) is 5.92 Å². The number of carbonyl (C=O) groups is 1. The van der Waals surface area contributed by atoms with Gasteiger partial charge in [-0.15, -0.1) is 0 Å². The summed E-state index contributed by atoms with van der Waals surface area (Å²) >= 11 is 0. The summed E-state index contributed by atoms with van der Waals surface area (Å²) in [5.74, 6) is 0.488. The molecule has 2 heterocycles. The van der Waals surface area contributed by atoms with Crippen LogP contribution in [0, 0.1) is 5.92 Å². The largest absolute Gasteiger partial charge is 0.444 e. The Morgan fingerprint density at radius 2 is 1.85 bits per heavy atom. The molecule has 3 nitrogen and oxygen atoms in total. The summed E-state index contributed by atoms with van der Waals surface area (Å²) in [4.78, 5) is 14.6. The van der Waals surface area contributed by atoms with Crippen molar-refractivity contribution in [3.05, 3.63) is 35.4 Å². The lowest BCUT2D eigenvalue weighted by atomic mass is 9.90. The molecule has 2 bridgehead atoms. The number of amides is 1. The number of hydrogen-bond donors (Lipinski definition) is 0. The lowest BCUT2D eigenvalue weighted by molar-refractivity contribution is -0.00913. The van der Waals surface area contributed by atoms with Crippen molar-refractivity contribution < 1.29 is 9.53 Å². The molecule has 2 aliphatic heterocycles. The van der Waals surface area contributed by atoms with Gasteiger partial charge in [-0.1, -0.05) is 31.2 Å². The van der Waals surface area contributed by atoms with Crippen LogP contribution in [0.15, 0.2) is 24.3 Å². The van der Waals surface area contributed by atoms with Gasteiger partial charge in [0, 0.05) is 0 Å². The van der Waals surface area contributed by atoms with Gasteiger partial charge >= 0.3 is 6.09 Å². The first-order valence-corrected chi connectivity index (χ1v) is 7.48. The van der Waals surface area contributed by atoms with E-state index in [9.17, 15) is 4.79 Å². The Morgan fingerprint density at radius 1 is 1.20 bits per heavy atom. The maximum atomic E-state index is 12.6. The lowest BCUT2D eigenvalue weighted by Gasteiger charge is -2.39. The van der Waals surface area contributed by atoms with Gasteiger partial charge in [0.15, 0.2) is 0 Å². The van der Waals surface area contributed by atoms with Crippen LogP contribution in [0.4, 0.5) is 4.79 Å². The van der Waals surface area contributed by atoms with Gasteiger partial charge in [0.1, 0.15) is 5.60 Å². The number of ether oxygens (including phenoxy) is 1. The second-order valence-corrected chi connectivity index (χ2v) is 7.03. The van der Waals surface area contributed by atoms with Crippen molar-refractivity contribution in [3.63, 3.8) is 0 Å². The van der Waals surface area contributed by atoms with Crippen LogP contribution in [0.3, 0.4) is 0 Å². The predicted octanol–water partition coefficient (Wildman–Crippen LogP) is 4.45. The highest BCUT2D eigenvalue weighted by Gasteiger charge is 2.47. The molecule has 108 valence electrons. The van der Waals surface area contributed by atoms with E-state index in [0.717, 1.165) is 6.42 Å². The minimum absolute atomic E-state index is 0.171. The molecule has 3 atom stereocenters. The quantitative estimate of drug-likeness (QED) is 0.699. The van der Waals surface area contributed by atoms with Gasteiger partial charge in [0.05, 0.1) is 12.1 Å². The first kappa shape index (κ1) is 13.5. The molecule has 0 unspecified atom stereocenters. The molecule has 2 aliphatic rings. The Balaban J connectivity index is 1.96. The zero-order valence-electron chi connectivity index (χ0n) is 12.7. The fraction of sp³-hybridized carbons (Fsp3) is 0.588. The second-order valence-electron chi connectivity index (χ2n) is 7.03. The fourth-order valence-electron chi connectivity index (χ4n) is 3.59. The van der Waals surface area contributed by atoms with Crippen LogP contribution in [0.2, 0.25) is 0 Å². The first-order valence-electron chi connectivity index (χ1n) is 7.48. The molecule has 3 heteroatoms. The number of benzene rings is 1. The van der Waals surface area contributed by atoms with Gasteiger partial charge in [0.2, 0.25) is 0 Å². The maximum Gasteiger partial charge on any atom is 0.411 e. The van der Waals surface area contributed by atoms with Crippen LogP contribution in [0.1, 0.15) is 63.7 Å². The highest BCUT2D eigenvalue weighted by molar-refractivity contribution is 5.71. The number of fused-ring (bicyclic) bond motifs is 5. The normalized spacial score (nSPS) is 28.2. The maximum absolute atomic E-state index is 12.6. The average Bonchev–Trinajstić information content (AvgIpc) is 2.62. The molecule has 1 aromatic carbocycles. The van der Waals surface area contributed by atoms with E-state index >= 15 is 0 Å². The van der Waals surface area contributed by atoms with Crippen molar-refractivity contribution in [2.24, 2.45) is 5.92 Å². The number of nitrogens with zero attached hydrogens (tertiary/aromatic N) is 1. The van der Waals surface area contributed by atoms with Crippen LogP contribution >= 0.6 is 0 Å². The summed E-state index contributed by atoms with van der Waals surface area (Å²) in [6.07, 6.45) is 2.03. The van der Waals surface area contributed by atoms with Crippen molar-refractivity contribution in [1.29, 1.82) is 0 Å². The van der Waals surface area contributed by atoms with E-state index < -0.39 is 5.60 Å². The molecule has 0 saturated carbocycles. The molecule has 0 spiro atoms. The Morgan fingerprint density at radius 3 is 2.50 bits per heavy atom. The molecule has 0 N–H and O–H groups in total. The summed E-state index contributed by atoms with van der Waals surface area (Å²) in [6, 6.07) is 8.84. The highest BCUT2D eigenvalue weighted by Crippen LogP contribution is 2.53. The summed E-state index contributed by atoms with van der Waals surface area (Å²) in [7, 11) is 0. The minimum Gasteiger partial charge on any atom is -0.444 e. The van der Waals surface area contributed by atoms with Gasteiger partial charge in [0.25, 0.3) is 0 Å². The average molecular weight is 273 g/mol. The molecular formula is C17H23NO2. The molecule has 3 rings (SSSR count). The number of hydrogen-bond acceptors (Lipinski definition) is 2. The smallest absolute Gasteiger partial charge is 0.411 e. The third kappa shape index (κ3) is 2.09. The molecular weight excluding hydrogens is 250 g/mol. The van der Waals surface area contributed by atoms with Crippen LogP contribution in [0.25, 0.3) is 0 Å². The summed E-state index contributed by atoms with van der Waals surface area (Å²) in [5, 5.41) is 0. The molecule has 0 aliphatic carbocycles. The highest BCUT2D eigenvalue weighted by atomic mass is 16.6. The van der Waals surface area contributed by atoms with E-state index in [1.54, 1.807) is 0 Å². The van der Waals surface area contributed by atoms with Crippen LogP contribution in [0.5, 0.6) is 0 Å². The Kier molecular flexibility index (Phi) is 3.03. The van der Waals surface area contributed by atoms with Gasteiger partial charge < -0.3 is 4.74 Å². The third-order valence-corrected chi connectivity index (χ3v) is 4.35. The predicted molar refractivity (Wildman–Crippen MR) is 78.4 cm³/mol. The van der Waals surface area contributed by atoms with E-state index in [4.69, 9.17) is 4.74 Å². The van der Waals surface area contributed by atoms with E-state index in [1.807, 2.05) is 25.7 Å². The Labute approximate surface area is 120 Å². The fourth-order valence-corrected chi connectivity index (χ4v) is 3.59. The van der Waals surface area contributed by atoms with Crippen molar-refractivity contribution in [1.82, 2.24) is 4.90 Å². The Bertz CT molecular complexity index is 532. The molecule has 0 aromatic heterocycles. The molecule has 0 radical (unpaired) electrons. The monoisotopic (exact) mass is 273 g/mol. The van der Waals surface area contributed by atoms with Crippen LogP contribution in [-0.4, -0.2) is 16.6 Å². The number of piperidine rings is 1. The first-order chi connectivity index (χ1) is 9.38. The molecule has 1 aromatic rings. The van der Waals surface area contributed by atoms with Gasteiger partial charge in [-0.2, -0.15) is 0 Å². The molecule has 1 fully saturated rings. The second kappa shape index (κ2) is 4.51. The van der Waals surface area contributed by atoms with E-state index in [1.165, 1.54) is 17.5 Å². The number of rotatable bonds is 0. The topological polar surface area (TPSA) is 29.5 Å². The number of carbonyl (C=O) groups excluding carboxylic acids is 1. The molecule has 1 saturated heterocycles. The van der Waals surface area contributed by atoms with Crippen molar-refractivity contribution in [2.45, 2.75) is 58.2 Å². The summed E-state index contributed by atoms with van der Waals surface area (Å²) < 4.78 is 5.62. The summed E-state index contributed by atoms with van der Waals surface area (Å²) in [6.45, 7) is 8.01. The standard InChI is InChI=1S/C17H23NO2/c1-11-9-10-14-12-7-5-6-8-13(12)15(11)18(14)16(19)20-17(2,3)4/h5-8,11,14-15H,9-10H2,1-4H3/t11-,14-,15+/m1/s1. The van der Waals surface area contributed by atoms with Gasteiger partial charge in [-0.3, -0.25) is 4.90 Å². The van der Waals surface area contributed by atoms with Crippen molar-refractivity contribution >= 4 is 6.09 Å². The lowest BCUT2D eigenvalue weighted by Crippen LogP contribution is -2.42. The van der Waals surface area contributed by atoms with Crippen LogP contribution < -0.4 is 0 Å². The minimum atomic E-state index is -0.441. The zero-order chi connectivity index (χ0) is 14.5.